The maximum absolute atomic E-state index is 13.2. The van der Waals surface area contributed by atoms with Crippen molar-refractivity contribution in [1.82, 2.24) is 10.3 Å². The average molecular weight is 436 g/mol. The van der Waals surface area contributed by atoms with Gasteiger partial charge in [-0.2, -0.15) is 0 Å². The number of halogens is 1. The van der Waals surface area contributed by atoms with Crippen LogP contribution < -0.4 is 15.4 Å². The SMILES string of the molecule is COc1ccc(-c2cccc(C(=O)Nc3cccnc3C3CCCCNC3)c2Cl)cc1. The van der Waals surface area contributed by atoms with Crippen molar-refractivity contribution in [2.24, 2.45) is 0 Å². The first kappa shape index (κ1) is 21.3. The lowest BCUT2D eigenvalue weighted by atomic mass is 9.97. The Balaban J connectivity index is 1.60. The largest absolute Gasteiger partial charge is 0.497 e. The smallest absolute Gasteiger partial charge is 0.257 e. The zero-order chi connectivity index (χ0) is 21.6. The molecule has 6 heteroatoms. The van der Waals surface area contributed by atoms with Gasteiger partial charge in [0.2, 0.25) is 0 Å². The number of ether oxygens (including phenoxy) is 1. The van der Waals surface area contributed by atoms with E-state index in [1.807, 2.05) is 48.5 Å². The summed E-state index contributed by atoms with van der Waals surface area (Å²) in [6.45, 7) is 1.90. The van der Waals surface area contributed by atoms with Gasteiger partial charge < -0.3 is 15.4 Å². The maximum Gasteiger partial charge on any atom is 0.257 e. The molecular formula is C25H26ClN3O2. The van der Waals surface area contributed by atoms with Crippen LogP contribution in [0.3, 0.4) is 0 Å². The number of hydrogen-bond donors (Lipinski definition) is 2. The van der Waals surface area contributed by atoms with Crippen molar-refractivity contribution in [2.75, 3.05) is 25.5 Å². The molecule has 4 rings (SSSR count). The van der Waals surface area contributed by atoms with E-state index in [1.54, 1.807) is 19.4 Å². The molecule has 1 aliphatic heterocycles. The number of nitrogens with one attached hydrogen (secondary N) is 2. The van der Waals surface area contributed by atoms with Gasteiger partial charge in [0, 0.05) is 24.2 Å². The molecule has 5 nitrogen and oxygen atoms in total. The average Bonchev–Trinajstić information content (AvgIpc) is 3.09. The number of nitrogens with zero attached hydrogens (tertiary/aromatic N) is 1. The van der Waals surface area contributed by atoms with E-state index in [-0.39, 0.29) is 11.8 Å². The van der Waals surface area contributed by atoms with Crippen molar-refractivity contribution in [3.8, 4) is 16.9 Å². The summed E-state index contributed by atoms with van der Waals surface area (Å²) < 4.78 is 5.23. The lowest BCUT2D eigenvalue weighted by Crippen LogP contribution is -2.22. The monoisotopic (exact) mass is 435 g/mol. The zero-order valence-corrected chi connectivity index (χ0v) is 18.3. The summed E-state index contributed by atoms with van der Waals surface area (Å²) in [5.41, 5.74) is 3.83. The second kappa shape index (κ2) is 9.94. The molecule has 2 aromatic carbocycles. The lowest BCUT2D eigenvalue weighted by molar-refractivity contribution is 0.102. The normalized spacial score (nSPS) is 16.4. The second-order valence-electron chi connectivity index (χ2n) is 7.68. The van der Waals surface area contributed by atoms with Gasteiger partial charge in [0.05, 0.1) is 29.1 Å². The molecular weight excluding hydrogens is 410 g/mol. The summed E-state index contributed by atoms with van der Waals surface area (Å²) in [5.74, 6) is 0.808. The molecule has 2 heterocycles. The minimum Gasteiger partial charge on any atom is -0.497 e. The van der Waals surface area contributed by atoms with Gasteiger partial charge in [-0.05, 0) is 55.3 Å². The van der Waals surface area contributed by atoms with E-state index in [0.29, 0.717) is 10.6 Å². The topological polar surface area (TPSA) is 63.2 Å². The highest BCUT2D eigenvalue weighted by atomic mass is 35.5. The van der Waals surface area contributed by atoms with Crippen LogP contribution in [-0.4, -0.2) is 31.1 Å². The molecule has 0 radical (unpaired) electrons. The summed E-state index contributed by atoms with van der Waals surface area (Å²) >= 11 is 6.67. The maximum atomic E-state index is 13.2. The number of amides is 1. The Bertz CT molecular complexity index is 1040. The number of anilines is 1. The Kier molecular flexibility index (Phi) is 6.85. The van der Waals surface area contributed by atoms with E-state index < -0.39 is 0 Å². The van der Waals surface area contributed by atoms with Gasteiger partial charge in [0.1, 0.15) is 5.75 Å². The first-order valence-electron chi connectivity index (χ1n) is 10.6. The van der Waals surface area contributed by atoms with Crippen molar-refractivity contribution in [3.63, 3.8) is 0 Å². The van der Waals surface area contributed by atoms with Crippen molar-refractivity contribution < 1.29 is 9.53 Å². The van der Waals surface area contributed by atoms with Crippen LogP contribution in [0.25, 0.3) is 11.1 Å². The molecule has 160 valence electrons. The Morgan fingerprint density at radius 1 is 1.13 bits per heavy atom. The number of hydrogen-bond acceptors (Lipinski definition) is 4. The fraction of sp³-hybridized carbons (Fsp3) is 0.280. The van der Waals surface area contributed by atoms with Gasteiger partial charge in [-0.3, -0.25) is 9.78 Å². The third-order valence-corrected chi connectivity index (χ3v) is 6.07. The number of aromatic nitrogens is 1. The number of methoxy groups -OCH3 is 1. The first-order chi connectivity index (χ1) is 15.2. The van der Waals surface area contributed by atoms with Crippen LogP contribution in [0.1, 0.15) is 41.2 Å². The molecule has 1 amide bonds. The van der Waals surface area contributed by atoms with E-state index in [9.17, 15) is 4.79 Å². The van der Waals surface area contributed by atoms with E-state index in [4.69, 9.17) is 16.3 Å². The summed E-state index contributed by atoms with van der Waals surface area (Å²) in [5, 5.41) is 6.94. The van der Waals surface area contributed by atoms with Gasteiger partial charge in [-0.15, -0.1) is 0 Å². The Labute approximate surface area is 187 Å². The molecule has 2 N–H and O–H groups in total. The standard InChI is InChI=1S/C25H26ClN3O2/c1-31-19-12-10-17(11-13-19)20-7-4-8-21(23(20)26)25(30)29-22-9-5-15-28-24(22)18-6-2-3-14-27-16-18/h4-5,7-13,15,18,27H,2-3,6,14,16H2,1H3,(H,29,30). The van der Waals surface area contributed by atoms with E-state index in [2.05, 4.69) is 15.6 Å². The van der Waals surface area contributed by atoms with Crippen molar-refractivity contribution in [2.45, 2.75) is 25.2 Å². The number of benzene rings is 2. The van der Waals surface area contributed by atoms with Crippen LogP contribution in [0.5, 0.6) is 5.75 Å². The first-order valence-corrected chi connectivity index (χ1v) is 10.9. The summed E-state index contributed by atoms with van der Waals surface area (Å²) in [7, 11) is 1.63. The molecule has 3 aromatic rings. The minimum atomic E-state index is -0.240. The van der Waals surface area contributed by atoms with E-state index in [0.717, 1.165) is 54.2 Å². The van der Waals surface area contributed by atoms with Crippen molar-refractivity contribution >= 4 is 23.2 Å². The molecule has 1 fully saturated rings. The second-order valence-corrected chi connectivity index (χ2v) is 8.06. The number of pyridine rings is 1. The highest BCUT2D eigenvalue weighted by Gasteiger charge is 2.21. The van der Waals surface area contributed by atoms with Crippen LogP contribution in [0.15, 0.2) is 60.8 Å². The molecule has 0 aliphatic carbocycles. The van der Waals surface area contributed by atoms with Gasteiger partial charge >= 0.3 is 0 Å². The third kappa shape index (κ3) is 4.89. The molecule has 31 heavy (non-hydrogen) atoms. The molecule has 1 unspecified atom stereocenters. The predicted molar refractivity (Wildman–Crippen MR) is 125 cm³/mol. The van der Waals surface area contributed by atoms with Gasteiger partial charge in [-0.1, -0.05) is 42.3 Å². The highest BCUT2D eigenvalue weighted by Crippen LogP contribution is 2.33. The quantitative estimate of drug-likeness (QED) is 0.553. The van der Waals surface area contributed by atoms with Crippen molar-refractivity contribution in [3.05, 3.63) is 77.1 Å². The Hall–Kier alpha value is -2.89. The Morgan fingerprint density at radius 3 is 2.77 bits per heavy atom. The third-order valence-electron chi connectivity index (χ3n) is 5.66. The van der Waals surface area contributed by atoms with Gasteiger partial charge in [-0.25, -0.2) is 0 Å². The molecule has 1 aromatic heterocycles. The number of carbonyl (C=O) groups excluding carboxylic acids is 1. The van der Waals surface area contributed by atoms with Gasteiger partial charge in [0.15, 0.2) is 0 Å². The predicted octanol–water partition coefficient (Wildman–Crippen LogP) is 5.52. The molecule has 1 atom stereocenters. The summed E-state index contributed by atoms with van der Waals surface area (Å²) in [6, 6.07) is 16.9. The zero-order valence-electron chi connectivity index (χ0n) is 17.5. The van der Waals surface area contributed by atoms with Crippen LogP contribution in [0.2, 0.25) is 5.02 Å². The van der Waals surface area contributed by atoms with Gasteiger partial charge in [0.25, 0.3) is 5.91 Å². The molecule has 0 spiro atoms. The summed E-state index contributed by atoms with van der Waals surface area (Å²) in [4.78, 5) is 17.8. The van der Waals surface area contributed by atoms with Crippen LogP contribution in [-0.2, 0) is 0 Å². The fourth-order valence-corrected chi connectivity index (χ4v) is 4.31. The van der Waals surface area contributed by atoms with Crippen LogP contribution in [0, 0.1) is 0 Å². The number of rotatable bonds is 5. The van der Waals surface area contributed by atoms with Crippen LogP contribution >= 0.6 is 11.6 Å². The fourth-order valence-electron chi connectivity index (χ4n) is 3.99. The van der Waals surface area contributed by atoms with E-state index in [1.165, 1.54) is 6.42 Å². The number of carbonyl (C=O) groups is 1. The minimum absolute atomic E-state index is 0.240. The molecule has 1 aliphatic rings. The highest BCUT2D eigenvalue weighted by molar-refractivity contribution is 6.37. The molecule has 0 bridgehead atoms. The van der Waals surface area contributed by atoms with Crippen LogP contribution in [0.4, 0.5) is 5.69 Å². The lowest BCUT2D eigenvalue weighted by Gasteiger charge is -2.18. The van der Waals surface area contributed by atoms with E-state index >= 15 is 0 Å². The Morgan fingerprint density at radius 2 is 1.97 bits per heavy atom. The molecule has 1 saturated heterocycles. The molecule has 0 saturated carbocycles. The van der Waals surface area contributed by atoms with Crippen molar-refractivity contribution in [1.29, 1.82) is 0 Å². The summed E-state index contributed by atoms with van der Waals surface area (Å²) in [6.07, 6.45) is 5.16.